The van der Waals surface area contributed by atoms with E-state index in [0.29, 0.717) is 13.0 Å². The van der Waals surface area contributed by atoms with Crippen LogP contribution in [0.15, 0.2) is 0 Å². The number of likely N-dealkylation sites (tertiary alicyclic amines) is 1. The topological polar surface area (TPSA) is 52.6 Å². The molecule has 1 unspecified atom stereocenters. The quantitative estimate of drug-likeness (QED) is 0.669. The van der Waals surface area contributed by atoms with Gasteiger partial charge in [-0.15, -0.1) is 0 Å². The Labute approximate surface area is 90.4 Å². The van der Waals surface area contributed by atoms with Crippen LogP contribution in [-0.4, -0.2) is 53.4 Å². The predicted molar refractivity (Wildman–Crippen MR) is 48.6 cm³/mol. The summed E-state index contributed by atoms with van der Waals surface area (Å²) in [7, 11) is 0. The van der Waals surface area contributed by atoms with Gasteiger partial charge >= 0.3 is 6.18 Å². The van der Waals surface area contributed by atoms with E-state index < -0.39 is 24.9 Å². The zero-order valence-electron chi connectivity index (χ0n) is 8.55. The molecule has 2 saturated heterocycles. The fourth-order valence-corrected chi connectivity index (χ4v) is 2.04. The summed E-state index contributed by atoms with van der Waals surface area (Å²) in [6.45, 7) is -0.575. The minimum atomic E-state index is -4.66. The van der Waals surface area contributed by atoms with E-state index in [0.717, 1.165) is 11.3 Å². The summed E-state index contributed by atoms with van der Waals surface area (Å²) in [5.74, 6) is -0.341. The molecule has 2 aliphatic rings. The van der Waals surface area contributed by atoms with Crippen LogP contribution in [0.3, 0.4) is 0 Å². The Hall–Kier alpha value is -0.820. The molecule has 0 saturated carbocycles. The molecule has 0 aromatic heterocycles. The van der Waals surface area contributed by atoms with Crippen molar-refractivity contribution in [2.75, 3.05) is 19.6 Å². The maximum Gasteiger partial charge on any atom is 0.420 e. The summed E-state index contributed by atoms with van der Waals surface area (Å²) in [5.41, 5.74) is -2.71. The van der Waals surface area contributed by atoms with Gasteiger partial charge in [0, 0.05) is 0 Å². The first-order valence-corrected chi connectivity index (χ1v) is 5.15. The smallest absolute Gasteiger partial charge is 0.378 e. The molecule has 2 N–H and O–H groups in total. The first-order valence-electron chi connectivity index (χ1n) is 5.15. The van der Waals surface area contributed by atoms with E-state index in [9.17, 15) is 18.0 Å². The fourth-order valence-electron chi connectivity index (χ4n) is 2.04. The van der Waals surface area contributed by atoms with Gasteiger partial charge in [0.15, 0.2) is 5.60 Å². The van der Waals surface area contributed by atoms with Crippen LogP contribution in [0.4, 0.5) is 13.2 Å². The lowest BCUT2D eigenvalue weighted by Gasteiger charge is -2.47. The third-order valence-corrected chi connectivity index (χ3v) is 3.10. The Bertz CT molecular complexity index is 294. The second-order valence-electron chi connectivity index (χ2n) is 4.37. The first-order chi connectivity index (χ1) is 7.33. The van der Waals surface area contributed by atoms with Crippen LogP contribution in [0.25, 0.3) is 0 Å². The van der Waals surface area contributed by atoms with Crippen molar-refractivity contribution >= 4 is 5.91 Å². The van der Waals surface area contributed by atoms with Crippen LogP contribution in [0.5, 0.6) is 0 Å². The number of hydrogen-bond donors (Lipinski definition) is 2. The molecule has 0 aromatic rings. The zero-order valence-corrected chi connectivity index (χ0v) is 8.55. The summed E-state index contributed by atoms with van der Waals surface area (Å²) in [6, 6.07) is -0.377. The Morgan fingerprint density at radius 2 is 2.06 bits per heavy atom. The molecule has 1 atom stereocenters. The van der Waals surface area contributed by atoms with Gasteiger partial charge in [-0.25, -0.2) is 0 Å². The molecule has 2 aliphatic heterocycles. The van der Waals surface area contributed by atoms with Crippen molar-refractivity contribution in [2.24, 2.45) is 0 Å². The number of carbonyl (C=O) groups excluding carboxylic acids is 1. The molecule has 4 nitrogen and oxygen atoms in total. The van der Waals surface area contributed by atoms with Crippen LogP contribution in [-0.2, 0) is 4.79 Å². The molecule has 7 heteroatoms. The second-order valence-corrected chi connectivity index (χ2v) is 4.37. The molecule has 1 amide bonds. The summed E-state index contributed by atoms with van der Waals surface area (Å²) in [5, 5.41) is 12.1. The second kappa shape index (κ2) is 3.59. The highest BCUT2D eigenvalue weighted by molar-refractivity contribution is 5.83. The van der Waals surface area contributed by atoms with Gasteiger partial charge < -0.3 is 15.3 Å². The Kier molecular flexibility index (Phi) is 2.62. The van der Waals surface area contributed by atoms with E-state index in [4.69, 9.17) is 5.11 Å². The molecule has 0 bridgehead atoms. The van der Waals surface area contributed by atoms with Gasteiger partial charge in [-0.05, 0) is 19.4 Å². The van der Waals surface area contributed by atoms with Crippen LogP contribution in [0.2, 0.25) is 0 Å². The van der Waals surface area contributed by atoms with Gasteiger partial charge in [0.2, 0.25) is 5.91 Å². The van der Waals surface area contributed by atoms with Crippen LogP contribution < -0.4 is 5.32 Å². The summed E-state index contributed by atoms with van der Waals surface area (Å²) in [6.07, 6.45) is -3.15. The van der Waals surface area contributed by atoms with E-state index in [1.54, 1.807) is 0 Å². The number of β-amino-alcohol motifs (C(OH)–C–C–N with tert-alkyl or cyclic N) is 1. The van der Waals surface area contributed by atoms with Crippen molar-refractivity contribution in [1.82, 2.24) is 10.2 Å². The highest BCUT2D eigenvalue weighted by Gasteiger charge is 2.62. The van der Waals surface area contributed by atoms with E-state index >= 15 is 0 Å². The van der Waals surface area contributed by atoms with E-state index in [1.807, 2.05) is 0 Å². The number of rotatable bonds is 1. The number of halogens is 3. The highest BCUT2D eigenvalue weighted by atomic mass is 19.4. The van der Waals surface area contributed by atoms with Crippen molar-refractivity contribution in [3.63, 3.8) is 0 Å². The number of aliphatic hydroxyl groups is 1. The maximum absolute atomic E-state index is 12.3. The lowest BCUT2D eigenvalue weighted by Crippen LogP contribution is -2.71. The standard InChI is InChI=1S/C9H13F3N2O2/c10-9(11,12)8(16)4-14(5-8)7(15)6-2-1-3-13-6/h6,13,16H,1-5H2. The lowest BCUT2D eigenvalue weighted by atomic mass is 9.92. The zero-order chi connectivity index (χ0) is 12.0. The summed E-state index contributed by atoms with van der Waals surface area (Å²) < 4.78 is 36.9. The SMILES string of the molecule is O=C(C1CCCN1)N1CC(O)(C(F)(F)F)C1. The molecule has 2 rings (SSSR count). The third-order valence-electron chi connectivity index (χ3n) is 3.10. The van der Waals surface area contributed by atoms with Crippen LogP contribution in [0, 0.1) is 0 Å². The fraction of sp³-hybridized carbons (Fsp3) is 0.889. The Morgan fingerprint density at radius 3 is 2.50 bits per heavy atom. The van der Waals surface area contributed by atoms with Crippen molar-refractivity contribution in [1.29, 1.82) is 0 Å². The Morgan fingerprint density at radius 1 is 1.44 bits per heavy atom. The predicted octanol–water partition coefficient (Wildman–Crippen LogP) is -0.126. The molecule has 92 valence electrons. The third kappa shape index (κ3) is 1.78. The molecular weight excluding hydrogens is 225 g/mol. The number of alkyl halides is 3. The number of amides is 1. The van der Waals surface area contributed by atoms with Gasteiger partial charge in [-0.3, -0.25) is 4.79 Å². The monoisotopic (exact) mass is 238 g/mol. The molecule has 0 aliphatic carbocycles. The minimum absolute atomic E-state index is 0.341. The van der Waals surface area contributed by atoms with Gasteiger partial charge in [0.05, 0.1) is 19.1 Å². The first kappa shape index (κ1) is 11.7. The van der Waals surface area contributed by atoms with Gasteiger partial charge in [-0.2, -0.15) is 13.2 Å². The summed E-state index contributed by atoms with van der Waals surface area (Å²) in [4.78, 5) is 12.7. The normalized spacial score (nSPS) is 29.0. The number of carbonyl (C=O) groups is 1. The van der Waals surface area contributed by atoms with E-state index in [1.165, 1.54) is 0 Å². The van der Waals surface area contributed by atoms with Crippen LogP contribution in [0.1, 0.15) is 12.8 Å². The average molecular weight is 238 g/mol. The number of hydrogen-bond acceptors (Lipinski definition) is 3. The van der Waals surface area contributed by atoms with Gasteiger partial charge in [0.1, 0.15) is 0 Å². The number of nitrogens with zero attached hydrogens (tertiary/aromatic N) is 1. The maximum atomic E-state index is 12.3. The van der Waals surface area contributed by atoms with E-state index in [2.05, 4.69) is 5.32 Å². The Balaban J connectivity index is 1.90. The van der Waals surface area contributed by atoms with Gasteiger partial charge in [0.25, 0.3) is 0 Å². The van der Waals surface area contributed by atoms with Gasteiger partial charge in [-0.1, -0.05) is 0 Å². The molecule has 0 spiro atoms. The van der Waals surface area contributed by atoms with Crippen molar-refractivity contribution in [2.45, 2.75) is 30.7 Å². The lowest BCUT2D eigenvalue weighted by molar-refractivity contribution is -0.297. The van der Waals surface area contributed by atoms with E-state index in [-0.39, 0.29) is 11.9 Å². The molecule has 0 radical (unpaired) electrons. The molecule has 0 aromatic carbocycles. The van der Waals surface area contributed by atoms with Crippen molar-refractivity contribution < 1.29 is 23.1 Å². The molecule has 2 heterocycles. The largest absolute Gasteiger partial charge is 0.420 e. The molecular formula is C9H13F3N2O2. The summed E-state index contributed by atoms with van der Waals surface area (Å²) >= 11 is 0. The molecule has 16 heavy (non-hydrogen) atoms. The molecule has 2 fully saturated rings. The average Bonchev–Trinajstić information content (AvgIpc) is 2.62. The van der Waals surface area contributed by atoms with Crippen molar-refractivity contribution in [3.05, 3.63) is 0 Å². The van der Waals surface area contributed by atoms with Crippen molar-refractivity contribution in [3.8, 4) is 0 Å². The number of nitrogens with one attached hydrogen (secondary N) is 1. The minimum Gasteiger partial charge on any atom is -0.378 e. The van der Waals surface area contributed by atoms with Crippen LogP contribution >= 0.6 is 0 Å². The highest BCUT2D eigenvalue weighted by Crippen LogP contribution is 2.38.